The molecule has 0 amide bonds. The fourth-order valence-electron chi connectivity index (χ4n) is 0. The molecule has 0 aromatic heterocycles. The van der Waals surface area contributed by atoms with E-state index >= 15 is 0 Å². The van der Waals surface area contributed by atoms with E-state index in [-0.39, 0.29) is 0 Å². The van der Waals surface area contributed by atoms with Crippen molar-refractivity contribution in [1.29, 1.82) is 0 Å². The number of rotatable bonds is 0. The Bertz CT molecular complexity index is 67.7. The molecule has 0 radical (unpaired) electrons. The van der Waals surface area contributed by atoms with Gasteiger partial charge < -0.3 is 0 Å². The molecule has 0 rings (SSSR count). The van der Waals surface area contributed by atoms with Gasteiger partial charge in [-0.15, -0.1) is 0 Å². The third-order valence-corrected chi connectivity index (χ3v) is 2.37. The Hall–Kier alpha value is 1.11. The Labute approximate surface area is 45.6 Å². The Kier molecular flexibility index (Phi) is 4.05. The van der Waals surface area contributed by atoms with Crippen molar-refractivity contribution in [2.24, 2.45) is 0 Å². The molecule has 0 fully saturated rings. The molecular weight excluding hydrogens is 186 g/mol. The molecule has 0 aromatic rings. The minimum atomic E-state index is -2.00. The molecule has 0 heterocycles. The van der Waals surface area contributed by atoms with E-state index in [1.165, 1.54) is 0 Å². The third kappa shape index (κ3) is 5.11. The van der Waals surface area contributed by atoms with Crippen LogP contribution in [0.4, 0.5) is 0 Å². The van der Waals surface area contributed by atoms with Crippen molar-refractivity contribution in [3.05, 3.63) is 6.58 Å². The molecule has 0 nitrogen and oxygen atoms in total. The summed E-state index contributed by atoms with van der Waals surface area (Å²) in [6.45, 7) is 3.26. The average Bonchev–Trinajstić information content (AvgIpc) is 1.38. The van der Waals surface area contributed by atoms with Gasteiger partial charge in [-0.25, -0.2) is 0 Å². The first kappa shape index (κ1) is 6.11. The molecule has 3 heteroatoms. The molecule has 0 aliphatic rings. The van der Waals surface area contributed by atoms with Crippen LogP contribution in [0.1, 0.15) is 0 Å². The Morgan fingerprint density at radius 1 is 1.60 bits per heavy atom. The first-order chi connectivity index (χ1) is 2.27. The normalized spacial score (nSPS) is 6.00. The molecule has 0 aromatic carbocycles. The SMILES string of the molecule is C=[C]=[Zr]([Cl])[Cl]. The van der Waals surface area contributed by atoms with Crippen molar-refractivity contribution in [3.63, 3.8) is 0 Å². The zero-order valence-electron chi connectivity index (χ0n) is 2.46. The molecule has 0 N–H and O–H groups in total. The van der Waals surface area contributed by atoms with Crippen LogP contribution < -0.4 is 0 Å². The van der Waals surface area contributed by atoms with E-state index in [1.54, 1.807) is 0 Å². The fourth-order valence-corrected chi connectivity index (χ4v) is 0. The van der Waals surface area contributed by atoms with Gasteiger partial charge in [0.15, 0.2) is 0 Å². The molecule has 0 spiro atoms. The average molecular weight is 188 g/mol. The molecule has 0 unspecified atom stereocenters. The van der Waals surface area contributed by atoms with Gasteiger partial charge in [-0.05, 0) is 0 Å². The Balaban J connectivity index is 3.60. The van der Waals surface area contributed by atoms with Crippen LogP contribution in [-0.4, -0.2) is 3.36 Å². The molecule has 0 saturated carbocycles. The molecule has 28 valence electrons. The monoisotopic (exact) mass is 186 g/mol. The van der Waals surface area contributed by atoms with Gasteiger partial charge in [0.2, 0.25) is 0 Å². The second kappa shape index (κ2) is 3.31. The summed E-state index contributed by atoms with van der Waals surface area (Å²) in [5.41, 5.74) is 0. The minimum absolute atomic E-state index is 2.00. The topological polar surface area (TPSA) is 0 Å². The zero-order chi connectivity index (χ0) is 4.28. The quantitative estimate of drug-likeness (QED) is 0.540. The number of hydrogen-bond acceptors (Lipinski definition) is 0. The van der Waals surface area contributed by atoms with Crippen LogP contribution in [-0.2, 0) is 18.9 Å². The van der Waals surface area contributed by atoms with Gasteiger partial charge >= 0.3 is 45.8 Å². The van der Waals surface area contributed by atoms with E-state index in [9.17, 15) is 0 Å². The van der Waals surface area contributed by atoms with Crippen molar-refractivity contribution in [1.82, 2.24) is 0 Å². The molecule has 0 saturated heterocycles. The van der Waals surface area contributed by atoms with E-state index in [1.807, 2.05) is 0 Å². The summed E-state index contributed by atoms with van der Waals surface area (Å²) in [5, 5.41) is 0. The molecule has 0 bridgehead atoms. The van der Waals surface area contributed by atoms with E-state index in [2.05, 4.69) is 9.94 Å². The Morgan fingerprint density at radius 2 is 1.80 bits per heavy atom. The predicted molar refractivity (Wildman–Crippen MR) is 22.3 cm³/mol. The van der Waals surface area contributed by atoms with Crippen molar-refractivity contribution < 1.29 is 18.9 Å². The molecule has 5 heavy (non-hydrogen) atoms. The first-order valence-corrected chi connectivity index (χ1v) is 8.54. The fraction of sp³-hybridized carbons (Fsp3) is 0. The van der Waals surface area contributed by atoms with Crippen LogP contribution in [0.25, 0.3) is 0 Å². The van der Waals surface area contributed by atoms with Crippen molar-refractivity contribution in [3.8, 4) is 0 Å². The van der Waals surface area contributed by atoms with Crippen molar-refractivity contribution in [2.75, 3.05) is 0 Å². The van der Waals surface area contributed by atoms with Gasteiger partial charge in [0.05, 0.1) is 0 Å². The second-order valence-electron chi connectivity index (χ2n) is 0.437. The Morgan fingerprint density at radius 3 is 1.80 bits per heavy atom. The molecule has 0 aliphatic heterocycles. The first-order valence-electron chi connectivity index (χ1n) is 0.982. The van der Waals surface area contributed by atoms with Gasteiger partial charge in [0, 0.05) is 0 Å². The van der Waals surface area contributed by atoms with Gasteiger partial charge in [-0.1, -0.05) is 0 Å². The standard InChI is InChI=1S/C2H2.2ClH.Zr/c1-2;;;/h1H2;2*1H;/q;;;+2/p-2. The van der Waals surface area contributed by atoms with Gasteiger partial charge in [0.25, 0.3) is 0 Å². The van der Waals surface area contributed by atoms with Crippen LogP contribution >= 0.6 is 17.0 Å². The summed E-state index contributed by atoms with van der Waals surface area (Å²) in [4.78, 5) is 0. The summed E-state index contributed by atoms with van der Waals surface area (Å²) in [6.07, 6.45) is 0. The van der Waals surface area contributed by atoms with Crippen molar-refractivity contribution >= 4 is 20.4 Å². The predicted octanol–water partition coefficient (Wildman–Crippen LogP) is 1.50. The summed E-state index contributed by atoms with van der Waals surface area (Å²) in [6, 6.07) is 0. The molecule has 0 atom stereocenters. The zero-order valence-corrected chi connectivity index (χ0v) is 6.43. The molecule has 0 aliphatic carbocycles. The van der Waals surface area contributed by atoms with E-state index in [4.69, 9.17) is 17.0 Å². The van der Waals surface area contributed by atoms with Crippen LogP contribution in [0.3, 0.4) is 0 Å². The maximum atomic E-state index is 5.25. The van der Waals surface area contributed by atoms with Crippen LogP contribution in [0.5, 0.6) is 0 Å². The molecular formula is C2H2Cl2Zr. The maximum absolute atomic E-state index is 5.25. The van der Waals surface area contributed by atoms with Crippen LogP contribution in [0.2, 0.25) is 0 Å². The summed E-state index contributed by atoms with van der Waals surface area (Å²) in [7, 11) is 10.5. The van der Waals surface area contributed by atoms with Gasteiger partial charge in [-0.2, -0.15) is 0 Å². The summed E-state index contributed by atoms with van der Waals surface area (Å²) < 4.78 is 2.51. The number of hydrogen-bond donors (Lipinski definition) is 0. The number of halogens is 2. The summed E-state index contributed by atoms with van der Waals surface area (Å²) in [5.74, 6) is 0. The van der Waals surface area contributed by atoms with Crippen LogP contribution in [0, 0.1) is 0 Å². The van der Waals surface area contributed by atoms with E-state index < -0.39 is 18.9 Å². The van der Waals surface area contributed by atoms with Crippen LogP contribution in [0.15, 0.2) is 6.58 Å². The van der Waals surface area contributed by atoms with Gasteiger partial charge in [0.1, 0.15) is 0 Å². The van der Waals surface area contributed by atoms with E-state index in [0.29, 0.717) is 0 Å². The van der Waals surface area contributed by atoms with Gasteiger partial charge in [-0.3, -0.25) is 0 Å². The third-order valence-electron chi connectivity index (χ3n) is 0.134. The summed E-state index contributed by atoms with van der Waals surface area (Å²) >= 11 is -2.00. The van der Waals surface area contributed by atoms with Crippen molar-refractivity contribution in [2.45, 2.75) is 0 Å². The second-order valence-corrected chi connectivity index (χ2v) is 8.20. The van der Waals surface area contributed by atoms with E-state index in [0.717, 1.165) is 0 Å².